The molecule has 1 heterocycles. The molecule has 2 amide bonds. The first-order valence-corrected chi connectivity index (χ1v) is 5.40. The van der Waals surface area contributed by atoms with Gasteiger partial charge in [-0.1, -0.05) is 23.7 Å². The largest absolute Gasteiger partial charge is 0.347 e. The predicted molar refractivity (Wildman–Crippen MR) is 65.9 cm³/mol. The molecule has 0 radical (unpaired) electrons. The molecule has 2 rings (SSSR count). The number of aromatic nitrogens is 2. The first kappa shape index (κ1) is 11.5. The van der Waals surface area contributed by atoms with Crippen LogP contribution < -0.4 is 10.6 Å². The molecule has 0 aliphatic heterocycles. The van der Waals surface area contributed by atoms with E-state index in [9.17, 15) is 4.79 Å². The van der Waals surface area contributed by atoms with Gasteiger partial charge in [0, 0.05) is 6.20 Å². The maximum Gasteiger partial charge on any atom is 0.319 e. The first-order chi connectivity index (χ1) is 8.25. The van der Waals surface area contributed by atoms with Crippen LogP contribution in [0.5, 0.6) is 0 Å². The van der Waals surface area contributed by atoms with Crippen molar-refractivity contribution in [3.8, 4) is 0 Å². The molecule has 6 heteroatoms. The van der Waals surface area contributed by atoms with Gasteiger partial charge in [0.2, 0.25) is 0 Å². The fourth-order valence-corrected chi connectivity index (χ4v) is 1.47. The lowest BCUT2D eigenvalue weighted by atomic mass is 10.3. The van der Waals surface area contributed by atoms with Crippen LogP contribution in [0, 0.1) is 0 Å². The normalized spacial score (nSPS) is 9.94. The predicted octanol–water partition coefficient (Wildman–Crippen LogP) is 2.38. The molecule has 2 aromatic rings. The summed E-state index contributed by atoms with van der Waals surface area (Å²) in [4.78, 5) is 18.3. The number of nitrogens with one attached hydrogen (secondary N) is 3. The Labute approximate surface area is 103 Å². The van der Waals surface area contributed by atoms with Gasteiger partial charge < -0.3 is 15.6 Å². The minimum absolute atomic E-state index is 0.312. The molecular weight excluding hydrogens is 240 g/mol. The summed E-state index contributed by atoms with van der Waals surface area (Å²) < 4.78 is 0. The number of benzene rings is 1. The Morgan fingerprint density at radius 1 is 1.41 bits per heavy atom. The van der Waals surface area contributed by atoms with Gasteiger partial charge in [0.05, 0.1) is 29.3 Å². The number of hydrogen-bond donors (Lipinski definition) is 3. The second-order valence-corrected chi connectivity index (χ2v) is 3.77. The molecule has 0 atom stereocenters. The average Bonchev–Trinajstić information content (AvgIpc) is 2.82. The van der Waals surface area contributed by atoms with E-state index < -0.39 is 0 Å². The fraction of sp³-hybridized carbons (Fsp3) is 0.0909. The molecule has 5 nitrogen and oxygen atoms in total. The molecule has 0 fully saturated rings. The SMILES string of the molecule is O=C(NCc1cnc[nH]1)Nc1ccccc1Cl. The van der Waals surface area contributed by atoms with Crippen molar-refractivity contribution in [3.63, 3.8) is 0 Å². The van der Waals surface area contributed by atoms with Crippen molar-refractivity contribution in [2.75, 3.05) is 5.32 Å². The Hall–Kier alpha value is -2.01. The Morgan fingerprint density at radius 3 is 2.94 bits per heavy atom. The summed E-state index contributed by atoms with van der Waals surface area (Å²) >= 11 is 5.91. The van der Waals surface area contributed by atoms with E-state index in [-0.39, 0.29) is 6.03 Å². The topological polar surface area (TPSA) is 69.8 Å². The third-order valence-corrected chi connectivity index (χ3v) is 2.45. The summed E-state index contributed by atoms with van der Waals surface area (Å²) in [6.07, 6.45) is 3.21. The lowest BCUT2D eigenvalue weighted by molar-refractivity contribution is 0.251. The van der Waals surface area contributed by atoms with Gasteiger partial charge in [0.1, 0.15) is 0 Å². The number of amides is 2. The minimum Gasteiger partial charge on any atom is -0.347 e. The highest BCUT2D eigenvalue weighted by Gasteiger charge is 2.04. The Balaban J connectivity index is 1.87. The van der Waals surface area contributed by atoms with E-state index in [4.69, 9.17) is 11.6 Å². The lowest BCUT2D eigenvalue weighted by Crippen LogP contribution is -2.28. The highest BCUT2D eigenvalue weighted by atomic mass is 35.5. The molecule has 0 bridgehead atoms. The van der Waals surface area contributed by atoms with Crippen LogP contribution in [0.15, 0.2) is 36.8 Å². The Morgan fingerprint density at radius 2 is 2.24 bits per heavy atom. The summed E-state index contributed by atoms with van der Waals surface area (Å²) in [6.45, 7) is 0.385. The smallest absolute Gasteiger partial charge is 0.319 e. The van der Waals surface area contributed by atoms with Crippen LogP contribution >= 0.6 is 11.6 Å². The van der Waals surface area contributed by atoms with E-state index in [1.807, 2.05) is 0 Å². The summed E-state index contributed by atoms with van der Waals surface area (Å²) in [7, 11) is 0. The van der Waals surface area contributed by atoms with E-state index in [1.165, 1.54) is 0 Å². The zero-order valence-corrected chi connectivity index (χ0v) is 9.66. The number of halogens is 1. The number of carbonyl (C=O) groups is 1. The van der Waals surface area contributed by atoms with Crippen LogP contribution in [0.25, 0.3) is 0 Å². The molecule has 0 aliphatic carbocycles. The Kier molecular flexibility index (Phi) is 3.62. The quantitative estimate of drug-likeness (QED) is 0.783. The standard InChI is InChI=1S/C11H11ClN4O/c12-9-3-1-2-4-10(9)16-11(17)14-6-8-5-13-7-15-8/h1-5,7H,6H2,(H,13,15)(H2,14,16,17). The molecule has 1 aromatic heterocycles. The van der Waals surface area contributed by atoms with Crippen LogP contribution in [0.1, 0.15) is 5.69 Å². The molecule has 88 valence electrons. The second kappa shape index (κ2) is 5.36. The van der Waals surface area contributed by atoms with Gasteiger partial charge in [0.15, 0.2) is 0 Å². The van der Waals surface area contributed by atoms with Crippen molar-refractivity contribution in [1.82, 2.24) is 15.3 Å². The first-order valence-electron chi connectivity index (χ1n) is 5.02. The van der Waals surface area contributed by atoms with Gasteiger partial charge in [-0.15, -0.1) is 0 Å². The summed E-state index contributed by atoms with van der Waals surface area (Å²) in [5, 5.41) is 5.84. The van der Waals surface area contributed by atoms with E-state index >= 15 is 0 Å². The van der Waals surface area contributed by atoms with Gasteiger partial charge >= 0.3 is 6.03 Å². The Bertz CT molecular complexity index is 498. The molecular formula is C11H11ClN4O. The van der Waals surface area contributed by atoms with Gasteiger partial charge in [-0.2, -0.15) is 0 Å². The zero-order chi connectivity index (χ0) is 12.1. The van der Waals surface area contributed by atoms with Gasteiger partial charge in [-0.05, 0) is 12.1 Å². The molecule has 3 N–H and O–H groups in total. The van der Waals surface area contributed by atoms with E-state index in [1.54, 1.807) is 36.8 Å². The second-order valence-electron chi connectivity index (χ2n) is 3.36. The van der Waals surface area contributed by atoms with Crippen molar-refractivity contribution >= 4 is 23.3 Å². The number of carbonyl (C=O) groups excluding carboxylic acids is 1. The number of H-pyrrole nitrogens is 1. The molecule has 0 aliphatic rings. The number of imidazole rings is 1. The number of para-hydroxylation sites is 1. The molecule has 0 spiro atoms. The third kappa shape index (κ3) is 3.22. The average molecular weight is 251 g/mol. The van der Waals surface area contributed by atoms with Gasteiger partial charge in [0.25, 0.3) is 0 Å². The number of aromatic amines is 1. The van der Waals surface area contributed by atoms with Crippen molar-refractivity contribution in [1.29, 1.82) is 0 Å². The van der Waals surface area contributed by atoms with Crippen LogP contribution in [0.3, 0.4) is 0 Å². The molecule has 17 heavy (non-hydrogen) atoms. The highest BCUT2D eigenvalue weighted by Crippen LogP contribution is 2.19. The monoisotopic (exact) mass is 250 g/mol. The summed E-state index contributed by atoms with van der Waals surface area (Å²) in [6, 6.07) is 6.74. The molecule has 1 aromatic carbocycles. The van der Waals surface area contributed by atoms with Gasteiger partial charge in [-0.25, -0.2) is 9.78 Å². The lowest BCUT2D eigenvalue weighted by Gasteiger charge is -2.07. The fourth-order valence-electron chi connectivity index (χ4n) is 1.29. The molecule has 0 saturated carbocycles. The van der Waals surface area contributed by atoms with Gasteiger partial charge in [-0.3, -0.25) is 0 Å². The number of nitrogens with zero attached hydrogens (tertiary/aromatic N) is 1. The van der Waals surface area contributed by atoms with Crippen LogP contribution in [0.4, 0.5) is 10.5 Å². The maximum absolute atomic E-state index is 11.5. The van der Waals surface area contributed by atoms with Crippen molar-refractivity contribution in [2.45, 2.75) is 6.54 Å². The van der Waals surface area contributed by atoms with Crippen LogP contribution in [0.2, 0.25) is 5.02 Å². The number of rotatable bonds is 3. The zero-order valence-electron chi connectivity index (χ0n) is 8.90. The van der Waals surface area contributed by atoms with E-state index in [0.29, 0.717) is 17.3 Å². The van der Waals surface area contributed by atoms with Crippen LogP contribution in [-0.2, 0) is 6.54 Å². The van der Waals surface area contributed by atoms with E-state index in [2.05, 4.69) is 20.6 Å². The molecule has 0 saturated heterocycles. The van der Waals surface area contributed by atoms with E-state index in [0.717, 1.165) is 5.69 Å². The van der Waals surface area contributed by atoms with Crippen molar-refractivity contribution in [2.24, 2.45) is 0 Å². The number of urea groups is 1. The highest BCUT2D eigenvalue weighted by molar-refractivity contribution is 6.33. The van der Waals surface area contributed by atoms with Crippen molar-refractivity contribution in [3.05, 3.63) is 47.5 Å². The van der Waals surface area contributed by atoms with Crippen molar-refractivity contribution < 1.29 is 4.79 Å². The molecule has 0 unspecified atom stereocenters. The van der Waals surface area contributed by atoms with Crippen LogP contribution in [-0.4, -0.2) is 16.0 Å². The third-order valence-electron chi connectivity index (χ3n) is 2.12. The summed E-state index contributed by atoms with van der Waals surface area (Å²) in [5.41, 5.74) is 1.41. The number of hydrogen-bond acceptors (Lipinski definition) is 2. The summed E-state index contributed by atoms with van der Waals surface area (Å²) in [5.74, 6) is 0. The maximum atomic E-state index is 11.5. The minimum atomic E-state index is -0.312. The number of anilines is 1.